The number of carbonyl (C=O) groups excluding carboxylic acids is 1. The Balaban J connectivity index is 1.93. The maximum absolute atomic E-state index is 12.4. The molecule has 0 radical (unpaired) electrons. The van der Waals surface area contributed by atoms with Gasteiger partial charge in [-0.3, -0.25) is 9.59 Å². The van der Waals surface area contributed by atoms with Gasteiger partial charge in [0.1, 0.15) is 0 Å². The third-order valence-corrected chi connectivity index (χ3v) is 4.88. The highest BCUT2D eigenvalue weighted by Gasteiger charge is 2.10. The number of rotatable bonds is 3. The molecular formula is C17H13NO2S2. The topological polar surface area (TPSA) is 46.2 Å². The van der Waals surface area contributed by atoms with Crippen LogP contribution in [0.4, 0.5) is 5.69 Å². The van der Waals surface area contributed by atoms with Crippen molar-refractivity contribution in [3.63, 3.8) is 0 Å². The van der Waals surface area contributed by atoms with Gasteiger partial charge in [0.2, 0.25) is 4.74 Å². The second-order valence-electron chi connectivity index (χ2n) is 4.67. The van der Waals surface area contributed by atoms with E-state index >= 15 is 0 Å². The lowest BCUT2D eigenvalue weighted by atomic mass is 10.2. The summed E-state index contributed by atoms with van der Waals surface area (Å²) < 4.78 is -0.0962. The standard InChI is InChI=1S/C17H13NO2S2/c1-21-13-7-4-6-12(10-13)18-16(19)15-9-11-5-2-3-8-14(11)17(20)22-15/h2-10H,1H3,(H,18,19). The van der Waals surface area contributed by atoms with Gasteiger partial charge < -0.3 is 5.32 Å². The van der Waals surface area contributed by atoms with Gasteiger partial charge in [-0.2, -0.15) is 0 Å². The van der Waals surface area contributed by atoms with Crippen molar-refractivity contribution in [3.05, 3.63) is 69.0 Å². The number of hydrogen-bond donors (Lipinski definition) is 1. The van der Waals surface area contributed by atoms with Gasteiger partial charge in [-0.1, -0.05) is 35.6 Å². The first-order valence-corrected chi connectivity index (χ1v) is 8.70. The van der Waals surface area contributed by atoms with Crippen molar-refractivity contribution in [1.82, 2.24) is 0 Å². The van der Waals surface area contributed by atoms with Crippen molar-refractivity contribution in [3.8, 4) is 0 Å². The number of nitrogens with one attached hydrogen (secondary N) is 1. The lowest BCUT2D eigenvalue weighted by molar-refractivity contribution is 0.103. The van der Waals surface area contributed by atoms with Gasteiger partial charge in [0.05, 0.1) is 4.88 Å². The van der Waals surface area contributed by atoms with Gasteiger partial charge in [-0.25, -0.2) is 0 Å². The minimum atomic E-state index is -0.258. The van der Waals surface area contributed by atoms with Crippen LogP contribution < -0.4 is 10.1 Å². The van der Waals surface area contributed by atoms with Gasteiger partial charge >= 0.3 is 0 Å². The largest absolute Gasteiger partial charge is 0.321 e. The van der Waals surface area contributed by atoms with Crippen molar-refractivity contribution < 1.29 is 4.79 Å². The Bertz CT molecular complexity index is 902. The van der Waals surface area contributed by atoms with E-state index in [4.69, 9.17) is 0 Å². The summed E-state index contributed by atoms with van der Waals surface area (Å²) in [7, 11) is 0. The van der Waals surface area contributed by atoms with Crippen LogP contribution in [-0.4, -0.2) is 12.2 Å². The third-order valence-electron chi connectivity index (χ3n) is 3.22. The molecule has 3 rings (SSSR count). The van der Waals surface area contributed by atoms with E-state index in [1.165, 1.54) is 0 Å². The summed E-state index contributed by atoms with van der Waals surface area (Å²) in [5.41, 5.74) is 0.727. The molecule has 3 nitrogen and oxygen atoms in total. The van der Waals surface area contributed by atoms with Crippen LogP contribution in [0.2, 0.25) is 0 Å². The Morgan fingerprint density at radius 3 is 2.73 bits per heavy atom. The Kier molecular flexibility index (Phi) is 4.27. The minimum Gasteiger partial charge on any atom is -0.321 e. The van der Waals surface area contributed by atoms with Gasteiger partial charge in [-0.05, 0) is 42.0 Å². The Morgan fingerprint density at radius 2 is 1.91 bits per heavy atom. The van der Waals surface area contributed by atoms with E-state index in [1.54, 1.807) is 23.9 Å². The van der Waals surface area contributed by atoms with Crippen LogP contribution in [-0.2, 0) is 0 Å². The van der Waals surface area contributed by atoms with Crippen molar-refractivity contribution >= 4 is 45.5 Å². The first kappa shape index (κ1) is 14.8. The fourth-order valence-corrected chi connectivity index (χ4v) is 3.42. The molecule has 1 aromatic heterocycles. The van der Waals surface area contributed by atoms with Gasteiger partial charge in [0.25, 0.3) is 5.91 Å². The molecule has 1 N–H and O–H groups in total. The quantitative estimate of drug-likeness (QED) is 0.732. The molecule has 5 heteroatoms. The summed E-state index contributed by atoms with van der Waals surface area (Å²) in [6.45, 7) is 0. The van der Waals surface area contributed by atoms with E-state index in [9.17, 15) is 9.59 Å². The summed E-state index contributed by atoms with van der Waals surface area (Å²) in [5, 5.41) is 4.28. The number of hydrogen-bond acceptors (Lipinski definition) is 4. The average molecular weight is 327 g/mol. The first-order chi connectivity index (χ1) is 10.7. The molecule has 0 bridgehead atoms. The number of amides is 1. The molecule has 3 aromatic rings. The fourth-order valence-electron chi connectivity index (χ4n) is 2.14. The van der Waals surface area contributed by atoms with Crippen molar-refractivity contribution in [1.29, 1.82) is 0 Å². The monoisotopic (exact) mass is 327 g/mol. The van der Waals surface area contributed by atoms with Gasteiger partial charge in [0, 0.05) is 16.0 Å². The van der Waals surface area contributed by atoms with E-state index in [-0.39, 0.29) is 10.6 Å². The number of carbonyl (C=O) groups is 1. The fraction of sp³-hybridized carbons (Fsp3) is 0.0588. The summed E-state index contributed by atoms with van der Waals surface area (Å²) >= 11 is 2.58. The second-order valence-corrected chi connectivity index (χ2v) is 6.57. The maximum atomic E-state index is 12.4. The molecule has 0 saturated carbocycles. The van der Waals surface area contributed by atoms with Gasteiger partial charge in [-0.15, -0.1) is 11.8 Å². The summed E-state index contributed by atoms with van der Waals surface area (Å²) in [4.78, 5) is 25.9. The number of fused-ring (bicyclic) bond motifs is 1. The zero-order valence-corrected chi connectivity index (χ0v) is 13.5. The minimum absolute atomic E-state index is 0.0962. The maximum Gasteiger partial charge on any atom is 0.265 e. The highest BCUT2D eigenvalue weighted by Crippen LogP contribution is 2.21. The van der Waals surface area contributed by atoms with E-state index in [2.05, 4.69) is 5.32 Å². The van der Waals surface area contributed by atoms with Crippen LogP contribution >= 0.6 is 23.1 Å². The highest BCUT2D eigenvalue weighted by atomic mass is 32.2. The lowest BCUT2D eigenvalue weighted by Crippen LogP contribution is -2.12. The average Bonchev–Trinajstić information content (AvgIpc) is 2.55. The molecule has 0 aliphatic rings. The lowest BCUT2D eigenvalue weighted by Gasteiger charge is -2.06. The molecule has 0 fully saturated rings. The normalized spacial score (nSPS) is 10.6. The molecular weight excluding hydrogens is 314 g/mol. The molecule has 22 heavy (non-hydrogen) atoms. The third kappa shape index (κ3) is 3.05. The number of anilines is 1. The molecule has 110 valence electrons. The van der Waals surface area contributed by atoms with Crippen LogP contribution in [0.15, 0.2) is 64.3 Å². The zero-order chi connectivity index (χ0) is 15.5. The molecule has 1 heterocycles. The molecule has 0 atom stereocenters. The Labute approximate surface area is 136 Å². The SMILES string of the molecule is CSc1cccc(NC(=O)c2cc3ccccc3c(=O)s2)c1. The Hall–Kier alpha value is -2.11. The van der Waals surface area contributed by atoms with E-state index in [0.29, 0.717) is 10.3 Å². The van der Waals surface area contributed by atoms with E-state index < -0.39 is 0 Å². The summed E-state index contributed by atoms with van der Waals surface area (Å²) in [6.07, 6.45) is 1.98. The first-order valence-electron chi connectivity index (χ1n) is 6.65. The molecule has 0 saturated heterocycles. The van der Waals surface area contributed by atoms with E-state index in [0.717, 1.165) is 27.3 Å². The second kappa shape index (κ2) is 6.34. The van der Waals surface area contributed by atoms with Crippen molar-refractivity contribution in [2.45, 2.75) is 4.90 Å². The molecule has 0 aliphatic heterocycles. The zero-order valence-electron chi connectivity index (χ0n) is 11.8. The molecule has 1 amide bonds. The van der Waals surface area contributed by atoms with Crippen LogP contribution in [0.5, 0.6) is 0 Å². The molecule has 2 aromatic carbocycles. The summed E-state index contributed by atoms with van der Waals surface area (Å²) in [5.74, 6) is -0.258. The van der Waals surface area contributed by atoms with Gasteiger partial charge in [0.15, 0.2) is 0 Å². The van der Waals surface area contributed by atoms with Crippen LogP contribution in [0.1, 0.15) is 9.67 Å². The Morgan fingerprint density at radius 1 is 1.09 bits per heavy atom. The predicted molar refractivity (Wildman–Crippen MR) is 94.3 cm³/mol. The smallest absolute Gasteiger partial charge is 0.265 e. The number of benzene rings is 2. The molecule has 0 spiro atoms. The van der Waals surface area contributed by atoms with Crippen LogP contribution in [0, 0.1) is 0 Å². The van der Waals surface area contributed by atoms with Crippen LogP contribution in [0.3, 0.4) is 0 Å². The highest BCUT2D eigenvalue weighted by molar-refractivity contribution is 7.98. The molecule has 0 aliphatic carbocycles. The summed E-state index contributed by atoms with van der Waals surface area (Å²) in [6, 6.07) is 16.7. The van der Waals surface area contributed by atoms with Crippen LogP contribution in [0.25, 0.3) is 10.8 Å². The molecule has 0 unspecified atom stereocenters. The number of thioether (sulfide) groups is 1. The predicted octanol–water partition coefficient (Wildman–Crippen LogP) is 4.24. The van der Waals surface area contributed by atoms with E-state index in [1.807, 2.05) is 48.7 Å². The van der Waals surface area contributed by atoms with Crippen molar-refractivity contribution in [2.75, 3.05) is 11.6 Å². The van der Waals surface area contributed by atoms with Crippen molar-refractivity contribution in [2.24, 2.45) is 0 Å².